The summed E-state index contributed by atoms with van der Waals surface area (Å²) in [6, 6.07) is 23.5. The summed E-state index contributed by atoms with van der Waals surface area (Å²) in [7, 11) is 0. The van der Waals surface area contributed by atoms with Gasteiger partial charge in [-0.2, -0.15) is 0 Å². The fourth-order valence-corrected chi connectivity index (χ4v) is 4.27. The van der Waals surface area contributed by atoms with Gasteiger partial charge in [-0.3, -0.25) is 9.69 Å². The quantitative estimate of drug-likeness (QED) is 0.334. The third kappa shape index (κ3) is 4.27. The molecule has 1 amide bonds. The zero-order chi connectivity index (χ0) is 21.1. The summed E-state index contributed by atoms with van der Waals surface area (Å²) >= 11 is 7.06. The van der Waals surface area contributed by atoms with Crippen LogP contribution in [0, 0.1) is 0 Å². The standard InChI is InChI=1S/C25H19Br2NO2/c1-2-30-24-12-11-17(14-22(24)27)13-19-15-23(18-7-4-3-5-8-18)28(25(19)29)21-10-6-9-20(26)16-21/h3-16H,2H2,1H3/b19-13+. The van der Waals surface area contributed by atoms with Crippen LogP contribution in [0.5, 0.6) is 5.75 Å². The number of carbonyl (C=O) groups excluding carboxylic acids is 1. The van der Waals surface area contributed by atoms with Gasteiger partial charge >= 0.3 is 0 Å². The predicted molar refractivity (Wildman–Crippen MR) is 129 cm³/mol. The molecule has 4 rings (SSSR count). The van der Waals surface area contributed by atoms with Crippen LogP contribution in [0.25, 0.3) is 11.8 Å². The summed E-state index contributed by atoms with van der Waals surface area (Å²) in [6.45, 7) is 2.55. The summed E-state index contributed by atoms with van der Waals surface area (Å²) in [6.07, 6.45) is 3.85. The maximum atomic E-state index is 13.4. The lowest BCUT2D eigenvalue weighted by Crippen LogP contribution is -2.24. The van der Waals surface area contributed by atoms with Crippen molar-refractivity contribution in [2.24, 2.45) is 0 Å². The molecule has 0 N–H and O–H groups in total. The Bertz CT molecular complexity index is 1150. The minimum atomic E-state index is -0.0584. The van der Waals surface area contributed by atoms with Crippen molar-refractivity contribution >= 4 is 55.2 Å². The van der Waals surface area contributed by atoms with Crippen molar-refractivity contribution in [2.75, 3.05) is 11.5 Å². The van der Waals surface area contributed by atoms with E-state index in [4.69, 9.17) is 4.74 Å². The molecule has 1 aliphatic rings. The van der Waals surface area contributed by atoms with Gasteiger partial charge in [-0.1, -0.05) is 58.4 Å². The first-order valence-electron chi connectivity index (χ1n) is 9.58. The fourth-order valence-electron chi connectivity index (χ4n) is 3.37. The molecule has 0 unspecified atom stereocenters. The van der Waals surface area contributed by atoms with Gasteiger partial charge in [0, 0.05) is 10.0 Å². The van der Waals surface area contributed by atoms with E-state index >= 15 is 0 Å². The normalized spacial score (nSPS) is 14.9. The Kier molecular flexibility index (Phi) is 6.21. The van der Waals surface area contributed by atoms with E-state index in [1.165, 1.54) is 0 Å². The molecular weight excluding hydrogens is 506 g/mol. The number of nitrogens with zero attached hydrogens (tertiary/aromatic N) is 1. The van der Waals surface area contributed by atoms with Crippen LogP contribution in [-0.4, -0.2) is 12.5 Å². The molecule has 0 spiro atoms. The number of hydrogen-bond acceptors (Lipinski definition) is 2. The molecule has 1 aliphatic heterocycles. The van der Waals surface area contributed by atoms with Crippen LogP contribution in [0.3, 0.4) is 0 Å². The topological polar surface area (TPSA) is 29.5 Å². The molecule has 3 aromatic rings. The summed E-state index contributed by atoms with van der Waals surface area (Å²) in [5.74, 6) is 0.727. The highest BCUT2D eigenvalue weighted by Gasteiger charge is 2.30. The summed E-state index contributed by atoms with van der Waals surface area (Å²) in [4.78, 5) is 15.2. The Morgan fingerprint density at radius 1 is 0.967 bits per heavy atom. The molecule has 5 heteroatoms. The second-order valence-corrected chi connectivity index (χ2v) is 8.51. The molecule has 150 valence electrons. The number of rotatable bonds is 5. The molecule has 1 heterocycles. The molecule has 0 saturated heterocycles. The molecule has 0 radical (unpaired) electrons. The number of benzene rings is 3. The minimum absolute atomic E-state index is 0.0584. The largest absolute Gasteiger partial charge is 0.493 e. The van der Waals surface area contributed by atoms with Crippen LogP contribution in [0.15, 0.2) is 93.4 Å². The minimum Gasteiger partial charge on any atom is -0.493 e. The molecule has 3 nitrogen and oxygen atoms in total. The Morgan fingerprint density at radius 3 is 2.47 bits per heavy atom. The zero-order valence-electron chi connectivity index (χ0n) is 16.3. The molecule has 0 saturated carbocycles. The monoisotopic (exact) mass is 523 g/mol. The average molecular weight is 525 g/mol. The number of halogens is 2. The molecule has 0 aromatic heterocycles. The lowest BCUT2D eigenvalue weighted by Gasteiger charge is -2.21. The predicted octanol–water partition coefficient (Wildman–Crippen LogP) is 7.08. The Labute approximate surface area is 192 Å². The van der Waals surface area contributed by atoms with E-state index in [2.05, 4.69) is 31.9 Å². The Balaban J connectivity index is 1.78. The van der Waals surface area contributed by atoms with Gasteiger partial charge in [-0.05, 0) is 76.5 Å². The SMILES string of the molecule is CCOc1ccc(/C=C2\C=C(c3ccccc3)N(c3cccc(Br)c3)C2=O)cc1Br. The third-order valence-corrected chi connectivity index (χ3v) is 5.81. The molecule has 0 aliphatic carbocycles. The van der Waals surface area contributed by atoms with E-state index in [0.717, 1.165) is 37.2 Å². The summed E-state index contributed by atoms with van der Waals surface area (Å²) in [5, 5.41) is 0. The highest BCUT2D eigenvalue weighted by atomic mass is 79.9. The van der Waals surface area contributed by atoms with E-state index in [9.17, 15) is 4.79 Å². The molecule has 0 bridgehead atoms. The van der Waals surface area contributed by atoms with Crippen molar-refractivity contribution in [1.82, 2.24) is 0 Å². The number of amides is 1. The van der Waals surface area contributed by atoms with Crippen LogP contribution in [0.1, 0.15) is 18.1 Å². The first kappa shape index (κ1) is 20.6. The molecule has 0 fully saturated rings. The number of hydrogen-bond donors (Lipinski definition) is 0. The van der Waals surface area contributed by atoms with Gasteiger partial charge in [0.1, 0.15) is 5.75 Å². The van der Waals surface area contributed by atoms with Crippen LogP contribution < -0.4 is 9.64 Å². The third-order valence-electron chi connectivity index (χ3n) is 4.70. The van der Waals surface area contributed by atoms with Crippen molar-refractivity contribution in [3.05, 3.63) is 105 Å². The van der Waals surface area contributed by atoms with Gasteiger partial charge in [0.25, 0.3) is 5.91 Å². The van der Waals surface area contributed by atoms with Gasteiger partial charge in [-0.15, -0.1) is 0 Å². The van der Waals surface area contributed by atoms with Crippen molar-refractivity contribution in [3.8, 4) is 5.75 Å². The maximum Gasteiger partial charge on any atom is 0.262 e. The van der Waals surface area contributed by atoms with Gasteiger partial charge in [0.15, 0.2) is 0 Å². The second-order valence-electron chi connectivity index (χ2n) is 6.74. The van der Waals surface area contributed by atoms with E-state index < -0.39 is 0 Å². The highest BCUT2D eigenvalue weighted by Crippen LogP contribution is 2.36. The molecule has 3 aromatic carbocycles. The molecular formula is C25H19Br2NO2. The van der Waals surface area contributed by atoms with Crippen LogP contribution in [0.2, 0.25) is 0 Å². The Morgan fingerprint density at radius 2 is 1.77 bits per heavy atom. The van der Waals surface area contributed by atoms with Gasteiger partial charge < -0.3 is 4.74 Å². The summed E-state index contributed by atoms with van der Waals surface area (Å²) in [5.41, 5.74) is 4.22. The molecule has 30 heavy (non-hydrogen) atoms. The second kappa shape index (κ2) is 9.02. The van der Waals surface area contributed by atoms with Crippen molar-refractivity contribution in [3.63, 3.8) is 0 Å². The van der Waals surface area contributed by atoms with Gasteiger partial charge in [-0.25, -0.2) is 0 Å². The lowest BCUT2D eigenvalue weighted by molar-refractivity contribution is -0.113. The smallest absolute Gasteiger partial charge is 0.262 e. The first-order chi connectivity index (χ1) is 14.6. The van der Waals surface area contributed by atoms with Crippen molar-refractivity contribution in [2.45, 2.75) is 6.92 Å². The lowest BCUT2D eigenvalue weighted by atomic mass is 10.1. The van der Waals surface area contributed by atoms with Crippen LogP contribution in [0.4, 0.5) is 5.69 Å². The maximum absolute atomic E-state index is 13.4. The van der Waals surface area contributed by atoms with Crippen molar-refractivity contribution in [1.29, 1.82) is 0 Å². The summed E-state index contributed by atoms with van der Waals surface area (Å²) < 4.78 is 7.37. The Hall–Kier alpha value is -2.63. The first-order valence-corrected chi connectivity index (χ1v) is 11.2. The van der Waals surface area contributed by atoms with E-state index in [1.54, 1.807) is 4.90 Å². The fraction of sp³-hybridized carbons (Fsp3) is 0.0800. The number of anilines is 1. The van der Waals surface area contributed by atoms with Crippen molar-refractivity contribution < 1.29 is 9.53 Å². The number of ether oxygens (including phenoxy) is 1. The highest BCUT2D eigenvalue weighted by molar-refractivity contribution is 9.10. The van der Waals surface area contributed by atoms with E-state index in [-0.39, 0.29) is 5.91 Å². The van der Waals surface area contributed by atoms with Crippen LogP contribution in [-0.2, 0) is 4.79 Å². The molecule has 0 atom stereocenters. The van der Waals surface area contributed by atoms with E-state index in [0.29, 0.717) is 12.2 Å². The van der Waals surface area contributed by atoms with Gasteiger partial charge in [0.05, 0.1) is 22.5 Å². The average Bonchev–Trinajstić information content (AvgIpc) is 3.07. The number of carbonyl (C=O) groups is 1. The van der Waals surface area contributed by atoms with Crippen LogP contribution >= 0.6 is 31.9 Å². The van der Waals surface area contributed by atoms with Gasteiger partial charge in [0.2, 0.25) is 0 Å². The van der Waals surface area contributed by atoms with E-state index in [1.807, 2.05) is 91.9 Å². The zero-order valence-corrected chi connectivity index (χ0v) is 19.5.